The van der Waals surface area contributed by atoms with Gasteiger partial charge in [-0.25, -0.2) is 9.97 Å². The minimum absolute atomic E-state index is 0.220. The Morgan fingerprint density at radius 1 is 1.00 bits per heavy atom. The van der Waals surface area contributed by atoms with E-state index in [0.717, 1.165) is 22.0 Å². The van der Waals surface area contributed by atoms with Gasteiger partial charge in [0.1, 0.15) is 5.82 Å². The van der Waals surface area contributed by atoms with Crippen LogP contribution in [0.1, 0.15) is 15.9 Å². The van der Waals surface area contributed by atoms with Crippen LogP contribution in [0.25, 0.3) is 22.2 Å². The molecule has 2 aromatic heterocycles. The second-order valence-electron chi connectivity index (χ2n) is 6.25. The standard InChI is InChI=1S/C22H16ClN3O/c1-14-10-11-24-21(12-14)26-22(27)18-13-20(15-6-8-16(23)9-7-15)25-19-5-3-2-4-17(18)19/h2-13H,1H3,(H,24,26,27). The van der Waals surface area contributed by atoms with Gasteiger partial charge < -0.3 is 5.32 Å². The number of nitrogens with one attached hydrogen (secondary N) is 1. The number of carbonyl (C=O) groups excluding carboxylic acids is 1. The lowest BCUT2D eigenvalue weighted by Crippen LogP contribution is -2.14. The highest BCUT2D eigenvalue weighted by Crippen LogP contribution is 2.26. The highest BCUT2D eigenvalue weighted by molar-refractivity contribution is 6.30. The number of fused-ring (bicyclic) bond motifs is 1. The molecule has 0 spiro atoms. The van der Waals surface area contributed by atoms with Gasteiger partial charge in [0, 0.05) is 22.2 Å². The maximum Gasteiger partial charge on any atom is 0.257 e. The third kappa shape index (κ3) is 3.66. The van der Waals surface area contributed by atoms with Gasteiger partial charge in [-0.05, 0) is 48.9 Å². The van der Waals surface area contributed by atoms with Gasteiger partial charge in [-0.15, -0.1) is 0 Å². The first-order valence-corrected chi connectivity index (χ1v) is 8.88. The first kappa shape index (κ1) is 17.2. The van der Waals surface area contributed by atoms with Gasteiger partial charge in [0.2, 0.25) is 0 Å². The summed E-state index contributed by atoms with van der Waals surface area (Å²) < 4.78 is 0. The number of carbonyl (C=O) groups is 1. The maximum atomic E-state index is 13.0. The first-order chi connectivity index (χ1) is 13.1. The zero-order valence-corrected chi connectivity index (χ0v) is 15.4. The van der Waals surface area contributed by atoms with E-state index in [1.807, 2.05) is 67.6 Å². The predicted octanol–water partition coefficient (Wildman–Crippen LogP) is 5.51. The van der Waals surface area contributed by atoms with E-state index in [4.69, 9.17) is 16.6 Å². The van der Waals surface area contributed by atoms with Gasteiger partial charge >= 0.3 is 0 Å². The minimum Gasteiger partial charge on any atom is -0.307 e. The van der Waals surface area contributed by atoms with E-state index in [2.05, 4.69) is 10.3 Å². The number of amides is 1. The van der Waals surface area contributed by atoms with E-state index in [0.29, 0.717) is 22.1 Å². The number of nitrogens with zero attached hydrogens (tertiary/aromatic N) is 2. The number of aryl methyl sites for hydroxylation is 1. The molecule has 0 atom stereocenters. The average Bonchev–Trinajstić information content (AvgIpc) is 2.67. The third-order valence-electron chi connectivity index (χ3n) is 4.26. The molecule has 4 rings (SSSR count). The van der Waals surface area contributed by atoms with Crippen molar-refractivity contribution in [2.45, 2.75) is 6.92 Å². The molecule has 1 N–H and O–H groups in total. The van der Waals surface area contributed by atoms with Crippen LogP contribution < -0.4 is 5.32 Å². The number of hydrogen-bond donors (Lipinski definition) is 1. The molecular formula is C22H16ClN3O. The van der Waals surface area contributed by atoms with Gasteiger partial charge in [-0.3, -0.25) is 4.79 Å². The number of hydrogen-bond acceptors (Lipinski definition) is 3. The predicted molar refractivity (Wildman–Crippen MR) is 109 cm³/mol. The fourth-order valence-electron chi connectivity index (χ4n) is 2.92. The average molecular weight is 374 g/mol. The molecule has 27 heavy (non-hydrogen) atoms. The molecule has 0 unspecified atom stereocenters. The Morgan fingerprint density at radius 2 is 1.78 bits per heavy atom. The van der Waals surface area contributed by atoms with Crippen LogP contribution in [0.3, 0.4) is 0 Å². The fourth-order valence-corrected chi connectivity index (χ4v) is 3.05. The molecule has 0 aliphatic carbocycles. The van der Waals surface area contributed by atoms with Crippen LogP contribution in [-0.4, -0.2) is 15.9 Å². The number of aromatic nitrogens is 2. The Kier molecular flexibility index (Phi) is 4.57. The fraction of sp³-hybridized carbons (Fsp3) is 0.0455. The van der Waals surface area contributed by atoms with Crippen LogP contribution in [0.4, 0.5) is 5.82 Å². The monoisotopic (exact) mass is 373 g/mol. The minimum atomic E-state index is -0.220. The Hall–Kier alpha value is -3.24. The summed E-state index contributed by atoms with van der Waals surface area (Å²) >= 11 is 5.99. The van der Waals surface area contributed by atoms with Gasteiger partial charge in [0.25, 0.3) is 5.91 Å². The summed E-state index contributed by atoms with van der Waals surface area (Å²) in [7, 11) is 0. The Morgan fingerprint density at radius 3 is 2.56 bits per heavy atom. The van der Waals surface area contributed by atoms with Crippen LogP contribution >= 0.6 is 11.6 Å². The van der Waals surface area contributed by atoms with Crippen LogP contribution in [-0.2, 0) is 0 Å². The van der Waals surface area contributed by atoms with Crippen LogP contribution in [0, 0.1) is 6.92 Å². The quantitative estimate of drug-likeness (QED) is 0.515. The SMILES string of the molecule is Cc1ccnc(NC(=O)c2cc(-c3ccc(Cl)cc3)nc3ccccc23)c1. The summed E-state index contributed by atoms with van der Waals surface area (Å²) in [4.78, 5) is 21.9. The first-order valence-electron chi connectivity index (χ1n) is 8.50. The van der Waals surface area contributed by atoms with E-state index in [-0.39, 0.29) is 5.91 Å². The lowest BCUT2D eigenvalue weighted by molar-refractivity contribution is 0.102. The molecule has 0 fully saturated rings. The number of rotatable bonds is 3. The molecule has 5 heteroatoms. The number of anilines is 1. The van der Waals surface area contributed by atoms with Crippen LogP contribution in [0.5, 0.6) is 0 Å². The Labute approximate surface area is 161 Å². The van der Waals surface area contributed by atoms with E-state index < -0.39 is 0 Å². The van der Waals surface area contributed by atoms with Crippen molar-refractivity contribution >= 4 is 34.2 Å². The topological polar surface area (TPSA) is 54.9 Å². The lowest BCUT2D eigenvalue weighted by Gasteiger charge is -2.11. The molecular weight excluding hydrogens is 358 g/mol. The zero-order chi connectivity index (χ0) is 18.8. The molecule has 0 saturated heterocycles. The highest BCUT2D eigenvalue weighted by Gasteiger charge is 2.14. The van der Waals surface area contributed by atoms with Crippen molar-refractivity contribution in [1.82, 2.24) is 9.97 Å². The van der Waals surface area contributed by atoms with Crippen molar-refractivity contribution in [3.63, 3.8) is 0 Å². The zero-order valence-electron chi connectivity index (χ0n) is 14.6. The number of halogens is 1. The van der Waals surface area contributed by atoms with Crippen molar-refractivity contribution in [1.29, 1.82) is 0 Å². The van der Waals surface area contributed by atoms with Crippen molar-refractivity contribution in [2.75, 3.05) is 5.32 Å². The molecule has 4 aromatic rings. The van der Waals surface area contributed by atoms with Crippen molar-refractivity contribution in [3.8, 4) is 11.3 Å². The van der Waals surface area contributed by atoms with E-state index >= 15 is 0 Å². The molecule has 0 bridgehead atoms. The van der Waals surface area contributed by atoms with Crippen LogP contribution in [0.15, 0.2) is 72.9 Å². The lowest BCUT2D eigenvalue weighted by atomic mass is 10.0. The second-order valence-corrected chi connectivity index (χ2v) is 6.69. The summed E-state index contributed by atoms with van der Waals surface area (Å²) in [6, 6.07) is 20.5. The van der Waals surface area contributed by atoms with Gasteiger partial charge in [-0.1, -0.05) is 41.9 Å². The number of para-hydroxylation sites is 1. The Balaban J connectivity index is 1.80. The molecule has 2 heterocycles. The summed E-state index contributed by atoms with van der Waals surface area (Å²) in [6.45, 7) is 1.96. The molecule has 2 aromatic carbocycles. The number of benzene rings is 2. The summed E-state index contributed by atoms with van der Waals surface area (Å²) in [5, 5.41) is 4.33. The molecule has 132 valence electrons. The number of pyridine rings is 2. The summed E-state index contributed by atoms with van der Waals surface area (Å²) in [6.07, 6.45) is 1.68. The molecule has 4 nitrogen and oxygen atoms in total. The molecule has 0 radical (unpaired) electrons. The normalized spacial score (nSPS) is 10.7. The molecule has 0 aliphatic rings. The Bertz CT molecular complexity index is 1140. The van der Waals surface area contributed by atoms with E-state index in [9.17, 15) is 4.79 Å². The second kappa shape index (κ2) is 7.17. The molecule has 0 aliphatic heterocycles. The smallest absolute Gasteiger partial charge is 0.257 e. The van der Waals surface area contributed by atoms with Crippen molar-refractivity contribution in [3.05, 3.63) is 89.1 Å². The molecule has 0 saturated carbocycles. The van der Waals surface area contributed by atoms with Crippen molar-refractivity contribution < 1.29 is 4.79 Å². The van der Waals surface area contributed by atoms with Crippen LogP contribution in [0.2, 0.25) is 5.02 Å². The highest BCUT2D eigenvalue weighted by atomic mass is 35.5. The third-order valence-corrected chi connectivity index (χ3v) is 4.51. The van der Waals surface area contributed by atoms with Gasteiger partial charge in [-0.2, -0.15) is 0 Å². The molecule has 1 amide bonds. The van der Waals surface area contributed by atoms with E-state index in [1.165, 1.54) is 0 Å². The van der Waals surface area contributed by atoms with Gasteiger partial charge in [0.15, 0.2) is 0 Å². The van der Waals surface area contributed by atoms with Gasteiger partial charge in [0.05, 0.1) is 16.8 Å². The van der Waals surface area contributed by atoms with Crippen molar-refractivity contribution in [2.24, 2.45) is 0 Å². The largest absolute Gasteiger partial charge is 0.307 e. The summed E-state index contributed by atoms with van der Waals surface area (Å²) in [5.41, 5.74) is 3.95. The van der Waals surface area contributed by atoms with E-state index in [1.54, 1.807) is 12.3 Å². The maximum absolute atomic E-state index is 13.0. The summed E-state index contributed by atoms with van der Waals surface area (Å²) in [5.74, 6) is 0.302.